The summed E-state index contributed by atoms with van der Waals surface area (Å²) in [5, 5.41) is 20.1. The van der Waals surface area contributed by atoms with Crippen LogP contribution < -0.4 is 0 Å². The SMILES string of the molecule is C/C=C/[C@@H](C)[C@H](O)[C@H](C)C[C@@H](C)[C@H](O)C(C)C. The summed E-state index contributed by atoms with van der Waals surface area (Å²) in [4.78, 5) is 0. The van der Waals surface area contributed by atoms with Crippen molar-refractivity contribution in [3.05, 3.63) is 12.2 Å². The molecule has 0 aliphatic carbocycles. The summed E-state index contributed by atoms with van der Waals surface area (Å²) in [7, 11) is 0. The molecule has 0 aliphatic rings. The zero-order valence-electron chi connectivity index (χ0n) is 12.2. The second kappa shape index (κ2) is 7.88. The van der Waals surface area contributed by atoms with Gasteiger partial charge < -0.3 is 10.2 Å². The average Bonchev–Trinajstić information content (AvgIpc) is 2.26. The van der Waals surface area contributed by atoms with Gasteiger partial charge in [0.1, 0.15) is 0 Å². The van der Waals surface area contributed by atoms with Crippen molar-refractivity contribution >= 4 is 0 Å². The minimum Gasteiger partial charge on any atom is -0.393 e. The van der Waals surface area contributed by atoms with Gasteiger partial charge in [0.2, 0.25) is 0 Å². The van der Waals surface area contributed by atoms with Crippen LogP contribution in [0, 0.1) is 23.7 Å². The normalized spacial score (nSPS) is 21.5. The van der Waals surface area contributed by atoms with E-state index in [2.05, 4.69) is 13.8 Å². The van der Waals surface area contributed by atoms with Crippen LogP contribution in [0.2, 0.25) is 0 Å². The Labute approximate surface area is 107 Å². The summed E-state index contributed by atoms with van der Waals surface area (Å²) in [6.07, 6.45) is 4.27. The lowest BCUT2D eigenvalue weighted by Gasteiger charge is -2.29. The fourth-order valence-corrected chi connectivity index (χ4v) is 2.46. The zero-order valence-corrected chi connectivity index (χ0v) is 12.2. The molecular formula is C15H30O2. The molecule has 0 aromatic heterocycles. The Balaban J connectivity index is 4.28. The maximum absolute atomic E-state index is 10.2. The molecule has 17 heavy (non-hydrogen) atoms. The van der Waals surface area contributed by atoms with Gasteiger partial charge in [-0.3, -0.25) is 0 Å². The van der Waals surface area contributed by atoms with Crippen molar-refractivity contribution in [2.45, 2.75) is 60.2 Å². The van der Waals surface area contributed by atoms with Gasteiger partial charge in [-0.15, -0.1) is 0 Å². The van der Waals surface area contributed by atoms with Crippen molar-refractivity contribution in [2.75, 3.05) is 0 Å². The molecule has 0 saturated carbocycles. The van der Waals surface area contributed by atoms with Gasteiger partial charge in [-0.1, -0.05) is 46.8 Å². The number of rotatable bonds is 7. The van der Waals surface area contributed by atoms with E-state index >= 15 is 0 Å². The first-order valence-corrected chi connectivity index (χ1v) is 6.80. The molecule has 2 nitrogen and oxygen atoms in total. The molecule has 5 atom stereocenters. The van der Waals surface area contributed by atoms with E-state index in [0.717, 1.165) is 6.42 Å². The quantitative estimate of drug-likeness (QED) is 0.673. The third-order valence-electron chi connectivity index (χ3n) is 3.63. The molecule has 0 spiro atoms. The van der Waals surface area contributed by atoms with Gasteiger partial charge in [-0.2, -0.15) is 0 Å². The summed E-state index contributed by atoms with van der Waals surface area (Å²) >= 11 is 0. The van der Waals surface area contributed by atoms with Crippen LogP contribution in [0.5, 0.6) is 0 Å². The van der Waals surface area contributed by atoms with Crippen molar-refractivity contribution in [3.63, 3.8) is 0 Å². The third kappa shape index (κ3) is 5.69. The van der Waals surface area contributed by atoms with E-state index in [4.69, 9.17) is 0 Å². The topological polar surface area (TPSA) is 40.5 Å². The molecule has 0 radical (unpaired) electrons. The van der Waals surface area contributed by atoms with Crippen molar-refractivity contribution in [1.29, 1.82) is 0 Å². The van der Waals surface area contributed by atoms with Crippen molar-refractivity contribution in [2.24, 2.45) is 23.7 Å². The fraction of sp³-hybridized carbons (Fsp3) is 0.867. The average molecular weight is 242 g/mol. The standard InChI is InChI=1S/C15H30O2/c1-7-8-11(4)15(17)13(6)9-12(5)14(16)10(2)3/h7-8,10-17H,9H2,1-6H3/b8-7+/t11-,12-,13-,14-,15+/m1/s1. The van der Waals surface area contributed by atoms with Crippen LogP contribution in [0.4, 0.5) is 0 Å². The van der Waals surface area contributed by atoms with Gasteiger partial charge in [0.15, 0.2) is 0 Å². The van der Waals surface area contributed by atoms with E-state index in [1.165, 1.54) is 0 Å². The Morgan fingerprint density at radius 2 is 1.35 bits per heavy atom. The molecule has 0 bridgehead atoms. The highest BCUT2D eigenvalue weighted by Gasteiger charge is 2.25. The molecule has 0 aromatic carbocycles. The van der Waals surface area contributed by atoms with Crippen molar-refractivity contribution < 1.29 is 10.2 Å². The van der Waals surface area contributed by atoms with Crippen LogP contribution >= 0.6 is 0 Å². The Morgan fingerprint density at radius 3 is 1.76 bits per heavy atom. The third-order valence-corrected chi connectivity index (χ3v) is 3.63. The predicted octanol–water partition coefficient (Wildman–Crippen LogP) is 3.24. The monoisotopic (exact) mass is 242 g/mol. The Bertz CT molecular complexity index is 223. The van der Waals surface area contributed by atoms with Crippen LogP contribution in [0.3, 0.4) is 0 Å². The molecule has 0 amide bonds. The van der Waals surface area contributed by atoms with Gasteiger partial charge in [0, 0.05) is 5.92 Å². The van der Waals surface area contributed by atoms with Gasteiger partial charge >= 0.3 is 0 Å². The Kier molecular flexibility index (Phi) is 7.73. The molecule has 2 N–H and O–H groups in total. The highest BCUT2D eigenvalue weighted by molar-refractivity contribution is 4.89. The van der Waals surface area contributed by atoms with E-state index in [-0.39, 0.29) is 35.9 Å². The first-order chi connectivity index (χ1) is 7.81. The minimum atomic E-state index is -0.326. The van der Waals surface area contributed by atoms with Gasteiger partial charge in [-0.25, -0.2) is 0 Å². The second-order valence-corrected chi connectivity index (χ2v) is 5.80. The molecule has 0 rings (SSSR count). The molecule has 0 saturated heterocycles. The van der Waals surface area contributed by atoms with Crippen LogP contribution in [0.25, 0.3) is 0 Å². The van der Waals surface area contributed by atoms with E-state index in [9.17, 15) is 10.2 Å². The van der Waals surface area contributed by atoms with E-state index in [1.54, 1.807) is 0 Å². The van der Waals surface area contributed by atoms with E-state index in [0.29, 0.717) is 0 Å². The second-order valence-electron chi connectivity index (χ2n) is 5.80. The molecular weight excluding hydrogens is 212 g/mol. The number of aliphatic hydroxyl groups excluding tert-OH is 2. The lowest BCUT2D eigenvalue weighted by atomic mass is 9.82. The maximum atomic E-state index is 10.2. The van der Waals surface area contributed by atoms with Crippen molar-refractivity contribution in [3.8, 4) is 0 Å². The number of hydrogen-bond donors (Lipinski definition) is 2. The van der Waals surface area contributed by atoms with E-state index in [1.807, 2.05) is 39.8 Å². The molecule has 0 aromatic rings. The molecule has 2 heteroatoms. The Morgan fingerprint density at radius 1 is 0.882 bits per heavy atom. The molecule has 0 heterocycles. The molecule has 0 fully saturated rings. The molecule has 0 unspecified atom stereocenters. The molecule has 0 aliphatic heterocycles. The summed E-state index contributed by atoms with van der Waals surface area (Å²) in [6, 6.07) is 0. The lowest BCUT2D eigenvalue weighted by Crippen LogP contribution is -2.31. The van der Waals surface area contributed by atoms with Crippen LogP contribution in [0.1, 0.15) is 48.0 Å². The highest BCUT2D eigenvalue weighted by Crippen LogP contribution is 2.25. The lowest BCUT2D eigenvalue weighted by molar-refractivity contribution is 0.0290. The van der Waals surface area contributed by atoms with Crippen molar-refractivity contribution in [1.82, 2.24) is 0 Å². The van der Waals surface area contributed by atoms with Gasteiger partial charge in [0.05, 0.1) is 12.2 Å². The van der Waals surface area contributed by atoms with Crippen LogP contribution in [-0.4, -0.2) is 22.4 Å². The van der Waals surface area contributed by atoms with Crippen LogP contribution in [-0.2, 0) is 0 Å². The highest BCUT2D eigenvalue weighted by atomic mass is 16.3. The van der Waals surface area contributed by atoms with Gasteiger partial charge in [0.25, 0.3) is 0 Å². The summed E-state index contributed by atoms with van der Waals surface area (Å²) in [5.74, 6) is 0.905. The zero-order chi connectivity index (χ0) is 13.6. The van der Waals surface area contributed by atoms with E-state index < -0.39 is 0 Å². The smallest absolute Gasteiger partial charge is 0.0625 e. The summed E-state index contributed by atoms with van der Waals surface area (Å²) in [5.41, 5.74) is 0. The first kappa shape index (κ1) is 16.7. The summed E-state index contributed by atoms with van der Waals surface area (Å²) in [6.45, 7) is 12.2. The number of aliphatic hydroxyl groups is 2. The number of allylic oxidation sites excluding steroid dienone is 1. The predicted molar refractivity (Wildman–Crippen MR) is 73.8 cm³/mol. The van der Waals surface area contributed by atoms with Crippen LogP contribution in [0.15, 0.2) is 12.2 Å². The minimum absolute atomic E-state index is 0.179. The molecule has 102 valence electrons. The summed E-state index contributed by atoms with van der Waals surface area (Å²) < 4.78 is 0. The maximum Gasteiger partial charge on any atom is 0.0625 e. The fourth-order valence-electron chi connectivity index (χ4n) is 2.46. The van der Waals surface area contributed by atoms with Gasteiger partial charge in [-0.05, 0) is 31.1 Å². The Hall–Kier alpha value is -0.340. The largest absolute Gasteiger partial charge is 0.393 e. The first-order valence-electron chi connectivity index (χ1n) is 6.80. The number of hydrogen-bond acceptors (Lipinski definition) is 2.